The molecule has 16 heavy (non-hydrogen) atoms. The van der Waals surface area contributed by atoms with Crippen LogP contribution in [0.2, 0.25) is 5.02 Å². The third-order valence-corrected chi connectivity index (χ3v) is 2.50. The van der Waals surface area contributed by atoms with Gasteiger partial charge in [-0.15, -0.1) is 0 Å². The quantitative estimate of drug-likeness (QED) is 0.839. The molecule has 4 nitrogen and oxygen atoms in total. The van der Waals surface area contributed by atoms with Crippen molar-refractivity contribution < 1.29 is 9.90 Å². The molecule has 1 aromatic carbocycles. The first-order chi connectivity index (χ1) is 7.54. The lowest BCUT2D eigenvalue weighted by molar-refractivity contribution is -0.139. The molecule has 0 fully saturated rings. The molecule has 0 saturated heterocycles. The monoisotopic (exact) mass is 238 g/mol. The van der Waals surface area contributed by atoms with Crippen molar-refractivity contribution >= 4 is 17.6 Å². The SMILES string of the molecule is CC(NCc1ccc(C#N)cc1Cl)C(=O)O. The Morgan fingerprint density at radius 2 is 2.38 bits per heavy atom. The van der Waals surface area contributed by atoms with E-state index >= 15 is 0 Å². The maximum absolute atomic E-state index is 10.6. The van der Waals surface area contributed by atoms with Gasteiger partial charge in [-0.1, -0.05) is 17.7 Å². The maximum atomic E-state index is 10.6. The Morgan fingerprint density at radius 1 is 1.69 bits per heavy atom. The van der Waals surface area contributed by atoms with E-state index in [2.05, 4.69) is 5.32 Å². The summed E-state index contributed by atoms with van der Waals surface area (Å²) < 4.78 is 0. The summed E-state index contributed by atoms with van der Waals surface area (Å²) in [4.78, 5) is 10.6. The fraction of sp³-hybridized carbons (Fsp3) is 0.273. The summed E-state index contributed by atoms with van der Waals surface area (Å²) in [5, 5.41) is 20.6. The van der Waals surface area contributed by atoms with Gasteiger partial charge in [0.25, 0.3) is 0 Å². The van der Waals surface area contributed by atoms with Gasteiger partial charge < -0.3 is 10.4 Å². The molecule has 0 aliphatic heterocycles. The van der Waals surface area contributed by atoms with E-state index in [0.717, 1.165) is 5.56 Å². The molecule has 0 aliphatic carbocycles. The van der Waals surface area contributed by atoms with Crippen LogP contribution < -0.4 is 5.32 Å². The summed E-state index contributed by atoms with van der Waals surface area (Å²) in [5.74, 6) is -0.912. The maximum Gasteiger partial charge on any atom is 0.320 e. The zero-order valence-electron chi connectivity index (χ0n) is 8.70. The summed E-state index contributed by atoms with van der Waals surface area (Å²) in [6, 6.07) is 6.26. The number of rotatable bonds is 4. The minimum absolute atomic E-state index is 0.359. The van der Waals surface area contributed by atoms with Crippen LogP contribution in [0.25, 0.3) is 0 Å². The van der Waals surface area contributed by atoms with Gasteiger partial charge in [-0.2, -0.15) is 5.26 Å². The van der Waals surface area contributed by atoms with E-state index in [-0.39, 0.29) is 0 Å². The molecule has 5 heteroatoms. The van der Waals surface area contributed by atoms with E-state index < -0.39 is 12.0 Å². The van der Waals surface area contributed by atoms with E-state index in [4.69, 9.17) is 22.0 Å². The number of nitrogens with zero attached hydrogens (tertiary/aromatic N) is 1. The molecule has 0 bridgehead atoms. The summed E-state index contributed by atoms with van der Waals surface area (Å²) in [6.45, 7) is 1.91. The number of carboxylic acid groups (broad SMARTS) is 1. The third kappa shape index (κ3) is 3.23. The smallest absolute Gasteiger partial charge is 0.320 e. The highest BCUT2D eigenvalue weighted by Gasteiger charge is 2.10. The summed E-state index contributed by atoms with van der Waals surface area (Å²) >= 11 is 5.93. The minimum Gasteiger partial charge on any atom is -0.480 e. The second-order valence-electron chi connectivity index (χ2n) is 3.36. The normalized spacial score (nSPS) is 11.8. The first-order valence-corrected chi connectivity index (χ1v) is 5.07. The molecule has 1 rings (SSSR count). The topological polar surface area (TPSA) is 73.1 Å². The average molecular weight is 239 g/mol. The fourth-order valence-corrected chi connectivity index (χ4v) is 1.36. The van der Waals surface area contributed by atoms with Crippen LogP contribution in [0.1, 0.15) is 18.1 Å². The lowest BCUT2D eigenvalue weighted by Crippen LogP contribution is -2.33. The Bertz CT molecular complexity index is 440. The van der Waals surface area contributed by atoms with Crippen LogP contribution >= 0.6 is 11.6 Å². The molecule has 1 unspecified atom stereocenters. The number of hydrogen-bond acceptors (Lipinski definition) is 3. The van der Waals surface area contributed by atoms with Crippen molar-refractivity contribution in [3.05, 3.63) is 34.3 Å². The van der Waals surface area contributed by atoms with Crippen molar-refractivity contribution in [2.45, 2.75) is 19.5 Å². The van der Waals surface area contributed by atoms with Gasteiger partial charge in [0.1, 0.15) is 6.04 Å². The minimum atomic E-state index is -0.912. The fourth-order valence-electron chi connectivity index (χ4n) is 1.11. The summed E-state index contributed by atoms with van der Waals surface area (Å²) in [6.07, 6.45) is 0. The molecule has 84 valence electrons. The van der Waals surface area contributed by atoms with E-state index in [0.29, 0.717) is 17.1 Å². The van der Waals surface area contributed by atoms with E-state index in [1.54, 1.807) is 25.1 Å². The van der Waals surface area contributed by atoms with Gasteiger partial charge in [0.15, 0.2) is 0 Å². The molecule has 1 aromatic rings. The zero-order valence-corrected chi connectivity index (χ0v) is 9.45. The Kier molecular flexibility index (Phi) is 4.29. The number of nitrogens with one attached hydrogen (secondary N) is 1. The van der Waals surface area contributed by atoms with Crippen molar-refractivity contribution in [3.63, 3.8) is 0 Å². The van der Waals surface area contributed by atoms with Crippen LogP contribution in [0.15, 0.2) is 18.2 Å². The molecule has 0 aliphatic rings. The molecule has 1 atom stereocenters. The van der Waals surface area contributed by atoms with Crippen LogP contribution in [-0.4, -0.2) is 17.1 Å². The predicted octanol–water partition coefficient (Wildman–Crippen LogP) is 1.77. The van der Waals surface area contributed by atoms with E-state index in [9.17, 15) is 4.79 Å². The summed E-state index contributed by atoms with van der Waals surface area (Å²) in [5.41, 5.74) is 1.26. The lowest BCUT2D eigenvalue weighted by atomic mass is 10.1. The van der Waals surface area contributed by atoms with Crippen molar-refractivity contribution in [3.8, 4) is 6.07 Å². The van der Waals surface area contributed by atoms with Crippen molar-refractivity contribution in [2.24, 2.45) is 0 Å². The van der Waals surface area contributed by atoms with E-state index in [1.807, 2.05) is 6.07 Å². The highest BCUT2D eigenvalue weighted by molar-refractivity contribution is 6.31. The van der Waals surface area contributed by atoms with Crippen LogP contribution in [-0.2, 0) is 11.3 Å². The number of benzene rings is 1. The van der Waals surface area contributed by atoms with E-state index in [1.165, 1.54) is 0 Å². The Morgan fingerprint density at radius 3 is 2.88 bits per heavy atom. The molecule has 0 radical (unpaired) electrons. The third-order valence-electron chi connectivity index (χ3n) is 2.15. The van der Waals surface area contributed by atoms with Crippen molar-refractivity contribution in [1.29, 1.82) is 5.26 Å². The van der Waals surface area contributed by atoms with Gasteiger partial charge in [-0.3, -0.25) is 4.79 Å². The number of carbonyl (C=O) groups is 1. The van der Waals surface area contributed by atoms with Gasteiger partial charge in [0.05, 0.1) is 11.6 Å². The van der Waals surface area contributed by atoms with Crippen LogP contribution in [0, 0.1) is 11.3 Å². The molecule has 0 heterocycles. The van der Waals surface area contributed by atoms with Crippen LogP contribution in [0.4, 0.5) is 0 Å². The Labute approximate surface area is 98.5 Å². The number of halogens is 1. The largest absolute Gasteiger partial charge is 0.480 e. The predicted molar refractivity (Wildman–Crippen MR) is 60.1 cm³/mol. The van der Waals surface area contributed by atoms with Crippen molar-refractivity contribution in [1.82, 2.24) is 5.32 Å². The average Bonchev–Trinajstić information content (AvgIpc) is 2.26. The second kappa shape index (κ2) is 5.50. The summed E-state index contributed by atoms with van der Waals surface area (Å²) in [7, 11) is 0. The number of carboxylic acids is 1. The number of aliphatic carboxylic acids is 1. The Hall–Kier alpha value is -1.57. The van der Waals surface area contributed by atoms with Gasteiger partial charge in [0.2, 0.25) is 0 Å². The van der Waals surface area contributed by atoms with Gasteiger partial charge in [-0.25, -0.2) is 0 Å². The molecular formula is C11H11ClN2O2. The molecule has 0 amide bonds. The van der Waals surface area contributed by atoms with Gasteiger partial charge >= 0.3 is 5.97 Å². The van der Waals surface area contributed by atoms with Gasteiger partial charge in [-0.05, 0) is 24.6 Å². The van der Waals surface area contributed by atoms with Gasteiger partial charge in [0, 0.05) is 11.6 Å². The first kappa shape index (κ1) is 12.5. The standard InChI is InChI=1S/C11H11ClN2O2/c1-7(11(15)16)14-6-9-3-2-8(5-13)4-10(9)12/h2-4,7,14H,6H2,1H3,(H,15,16). The lowest BCUT2D eigenvalue weighted by Gasteiger charge is -2.10. The molecule has 0 saturated carbocycles. The molecule has 2 N–H and O–H groups in total. The highest BCUT2D eigenvalue weighted by Crippen LogP contribution is 2.17. The molecular weight excluding hydrogens is 228 g/mol. The van der Waals surface area contributed by atoms with Crippen LogP contribution in [0.3, 0.4) is 0 Å². The molecule has 0 spiro atoms. The number of hydrogen-bond donors (Lipinski definition) is 2. The van der Waals surface area contributed by atoms with Crippen LogP contribution in [0.5, 0.6) is 0 Å². The molecule has 0 aromatic heterocycles. The highest BCUT2D eigenvalue weighted by atomic mass is 35.5. The number of nitriles is 1. The zero-order chi connectivity index (χ0) is 12.1. The van der Waals surface area contributed by atoms with Crippen molar-refractivity contribution in [2.75, 3.05) is 0 Å². The second-order valence-corrected chi connectivity index (χ2v) is 3.77. The first-order valence-electron chi connectivity index (χ1n) is 4.69. The Balaban J connectivity index is 2.69.